The van der Waals surface area contributed by atoms with Gasteiger partial charge in [-0.3, -0.25) is 19.8 Å². The molecule has 0 spiro atoms. The van der Waals surface area contributed by atoms with E-state index in [1.54, 1.807) is 24.3 Å². The Hall–Kier alpha value is -1.69. The van der Waals surface area contributed by atoms with E-state index in [2.05, 4.69) is 21.4 Å². The summed E-state index contributed by atoms with van der Waals surface area (Å²) in [5.41, 5.74) is 2.86. The maximum atomic E-state index is 12.3. The smallest absolute Gasteiger partial charge is 0.270 e. The number of hydrogen-bond acceptors (Lipinski definition) is 3. The minimum Gasteiger partial charge on any atom is -0.272 e. The third-order valence-corrected chi connectivity index (χ3v) is 4.69. The normalized spacial score (nSPS) is 24.9. The van der Waals surface area contributed by atoms with Crippen LogP contribution in [0, 0.1) is 11.8 Å². The predicted molar refractivity (Wildman–Crippen MR) is 78.9 cm³/mol. The van der Waals surface area contributed by atoms with E-state index in [9.17, 15) is 14.4 Å². The molecule has 5 nitrogen and oxygen atoms in total. The number of nitrogens with one attached hydrogen (secondary N) is 1. The second-order valence-corrected chi connectivity index (χ2v) is 6.37. The van der Waals surface area contributed by atoms with Crippen molar-refractivity contribution in [2.45, 2.75) is 25.7 Å². The number of rotatable bonds is 2. The highest BCUT2D eigenvalue weighted by Gasteiger charge is 2.49. The van der Waals surface area contributed by atoms with Crippen LogP contribution in [0.4, 0.5) is 0 Å². The molecule has 0 unspecified atom stereocenters. The number of carbonyl (C=O) groups excluding carboxylic acids is 3. The molecule has 1 aliphatic heterocycles. The SMILES string of the molecule is O=C(NN1C(=O)[C@@H]2CCCC[C@H]2C1=O)c1ccc(Br)cc1. The molecular weight excluding hydrogens is 336 g/mol. The lowest BCUT2D eigenvalue weighted by Gasteiger charge is -2.19. The monoisotopic (exact) mass is 350 g/mol. The molecular formula is C15H15BrN2O3. The van der Waals surface area contributed by atoms with Crippen molar-refractivity contribution < 1.29 is 14.4 Å². The van der Waals surface area contributed by atoms with Crippen molar-refractivity contribution in [3.05, 3.63) is 34.3 Å². The first kappa shape index (κ1) is 14.3. The summed E-state index contributed by atoms with van der Waals surface area (Å²) >= 11 is 3.29. The minimum absolute atomic E-state index is 0.253. The second-order valence-electron chi connectivity index (χ2n) is 5.46. The first-order chi connectivity index (χ1) is 10.1. The zero-order chi connectivity index (χ0) is 15.0. The summed E-state index contributed by atoms with van der Waals surface area (Å²) < 4.78 is 0.860. The number of hydrazine groups is 1. The molecule has 3 amide bonds. The van der Waals surface area contributed by atoms with Crippen molar-refractivity contribution >= 4 is 33.7 Å². The van der Waals surface area contributed by atoms with Gasteiger partial charge in [-0.1, -0.05) is 28.8 Å². The minimum atomic E-state index is -0.442. The van der Waals surface area contributed by atoms with E-state index >= 15 is 0 Å². The van der Waals surface area contributed by atoms with Gasteiger partial charge in [-0.25, -0.2) is 0 Å². The molecule has 6 heteroatoms. The molecule has 1 aliphatic carbocycles. The molecule has 1 saturated heterocycles. The summed E-state index contributed by atoms with van der Waals surface area (Å²) in [6.07, 6.45) is 3.41. The Morgan fingerprint density at radius 2 is 1.57 bits per heavy atom. The van der Waals surface area contributed by atoms with Crippen LogP contribution < -0.4 is 5.43 Å². The third-order valence-electron chi connectivity index (χ3n) is 4.16. The largest absolute Gasteiger partial charge is 0.272 e. The van der Waals surface area contributed by atoms with Crippen LogP contribution in [0.5, 0.6) is 0 Å². The molecule has 2 atom stereocenters. The quantitative estimate of drug-likeness (QED) is 0.832. The maximum absolute atomic E-state index is 12.3. The Bertz CT molecular complexity index is 575. The first-order valence-electron chi connectivity index (χ1n) is 7.02. The van der Waals surface area contributed by atoms with E-state index < -0.39 is 5.91 Å². The highest BCUT2D eigenvalue weighted by molar-refractivity contribution is 9.10. The second kappa shape index (κ2) is 5.60. The van der Waals surface area contributed by atoms with E-state index in [1.165, 1.54) is 0 Å². The zero-order valence-electron chi connectivity index (χ0n) is 11.3. The lowest BCUT2D eigenvalue weighted by atomic mass is 9.81. The van der Waals surface area contributed by atoms with Gasteiger partial charge in [-0.05, 0) is 37.1 Å². The molecule has 0 bridgehead atoms. The maximum Gasteiger partial charge on any atom is 0.270 e. The Morgan fingerprint density at radius 3 is 2.10 bits per heavy atom. The number of fused-ring (bicyclic) bond motifs is 1. The Kier molecular flexibility index (Phi) is 3.80. The lowest BCUT2D eigenvalue weighted by Crippen LogP contribution is -2.46. The highest BCUT2D eigenvalue weighted by atomic mass is 79.9. The lowest BCUT2D eigenvalue weighted by molar-refractivity contribution is -0.142. The van der Waals surface area contributed by atoms with Crippen molar-refractivity contribution in [2.24, 2.45) is 11.8 Å². The summed E-state index contributed by atoms with van der Waals surface area (Å²) in [6, 6.07) is 6.75. The Balaban J connectivity index is 1.75. The molecule has 2 aliphatic rings. The summed E-state index contributed by atoms with van der Waals surface area (Å²) in [4.78, 5) is 36.6. The van der Waals surface area contributed by atoms with Crippen LogP contribution in [-0.4, -0.2) is 22.7 Å². The average molecular weight is 351 g/mol. The fourth-order valence-electron chi connectivity index (χ4n) is 3.04. The number of hydrogen-bond donors (Lipinski definition) is 1. The number of nitrogens with zero attached hydrogens (tertiary/aromatic N) is 1. The molecule has 1 saturated carbocycles. The van der Waals surface area contributed by atoms with Gasteiger partial charge in [0.15, 0.2) is 0 Å². The van der Waals surface area contributed by atoms with Crippen LogP contribution in [0.3, 0.4) is 0 Å². The van der Waals surface area contributed by atoms with E-state index in [1.807, 2.05) is 0 Å². The Labute approximate surface area is 130 Å². The average Bonchev–Trinajstić information content (AvgIpc) is 2.73. The van der Waals surface area contributed by atoms with Crippen LogP contribution in [0.1, 0.15) is 36.0 Å². The molecule has 21 heavy (non-hydrogen) atoms. The topological polar surface area (TPSA) is 66.5 Å². The van der Waals surface area contributed by atoms with Gasteiger partial charge in [0.2, 0.25) is 0 Å². The van der Waals surface area contributed by atoms with Crippen LogP contribution in [0.2, 0.25) is 0 Å². The van der Waals surface area contributed by atoms with Crippen LogP contribution in [0.25, 0.3) is 0 Å². The van der Waals surface area contributed by atoms with Crippen molar-refractivity contribution in [3.8, 4) is 0 Å². The highest BCUT2D eigenvalue weighted by Crippen LogP contribution is 2.37. The van der Waals surface area contributed by atoms with Gasteiger partial charge < -0.3 is 0 Å². The van der Waals surface area contributed by atoms with E-state index in [0.29, 0.717) is 5.56 Å². The standard InChI is InChI=1S/C15H15BrN2O3/c16-10-7-5-9(6-8-10)13(19)17-18-14(20)11-3-1-2-4-12(11)15(18)21/h5-8,11-12H,1-4H2,(H,17,19)/t11-,12-/m1/s1. The fourth-order valence-corrected chi connectivity index (χ4v) is 3.30. The van der Waals surface area contributed by atoms with Crippen LogP contribution in [0.15, 0.2) is 28.7 Å². The van der Waals surface area contributed by atoms with Gasteiger partial charge in [0.05, 0.1) is 11.8 Å². The molecule has 1 N–H and O–H groups in total. The number of halogens is 1. The molecule has 1 heterocycles. The number of benzene rings is 1. The number of amides is 3. The van der Waals surface area contributed by atoms with Gasteiger partial charge >= 0.3 is 0 Å². The summed E-state index contributed by atoms with van der Waals surface area (Å²) in [5.74, 6) is -1.49. The zero-order valence-corrected chi connectivity index (χ0v) is 12.9. The number of carbonyl (C=O) groups is 3. The molecule has 0 radical (unpaired) electrons. The summed E-state index contributed by atoms with van der Waals surface area (Å²) in [5, 5.41) is 0.922. The van der Waals surface area contributed by atoms with E-state index in [0.717, 1.165) is 35.2 Å². The number of imide groups is 1. The first-order valence-corrected chi connectivity index (χ1v) is 7.81. The van der Waals surface area contributed by atoms with Crippen molar-refractivity contribution in [1.82, 2.24) is 10.4 Å². The molecule has 2 fully saturated rings. The molecule has 1 aromatic rings. The molecule has 3 rings (SSSR count). The van der Waals surface area contributed by atoms with Crippen LogP contribution in [-0.2, 0) is 9.59 Å². The van der Waals surface area contributed by atoms with E-state index in [4.69, 9.17) is 0 Å². The summed E-state index contributed by atoms with van der Waals surface area (Å²) in [6.45, 7) is 0. The van der Waals surface area contributed by atoms with Crippen molar-refractivity contribution in [2.75, 3.05) is 0 Å². The van der Waals surface area contributed by atoms with Crippen LogP contribution >= 0.6 is 15.9 Å². The van der Waals surface area contributed by atoms with Gasteiger partial charge in [0.1, 0.15) is 0 Å². The van der Waals surface area contributed by atoms with Gasteiger partial charge in [-0.15, -0.1) is 0 Å². The van der Waals surface area contributed by atoms with Gasteiger partial charge in [-0.2, -0.15) is 5.01 Å². The fraction of sp³-hybridized carbons (Fsp3) is 0.400. The van der Waals surface area contributed by atoms with Gasteiger partial charge in [0, 0.05) is 10.0 Å². The molecule has 1 aromatic carbocycles. The van der Waals surface area contributed by atoms with E-state index in [-0.39, 0.29) is 23.7 Å². The van der Waals surface area contributed by atoms with Crippen molar-refractivity contribution in [3.63, 3.8) is 0 Å². The molecule has 110 valence electrons. The third kappa shape index (κ3) is 2.60. The predicted octanol–water partition coefficient (Wildman–Crippen LogP) is 2.27. The molecule has 0 aromatic heterocycles. The van der Waals surface area contributed by atoms with Gasteiger partial charge in [0.25, 0.3) is 17.7 Å². The van der Waals surface area contributed by atoms with Crippen molar-refractivity contribution in [1.29, 1.82) is 0 Å². The summed E-state index contributed by atoms with van der Waals surface area (Å²) in [7, 11) is 0. The Morgan fingerprint density at radius 1 is 1.05 bits per heavy atom.